The van der Waals surface area contributed by atoms with E-state index in [-0.39, 0.29) is 11.9 Å². The summed E-state index contributed by atoms with van der Waals surface area (Å²) in [6.45, 7) is 6.51. The van der Waals surface area contributed by atoms with E-state index in [1.54, 1.807) is 12.1 Å². The minimum absolute atomic E-state index is 0.230. The van der Waals surface area contributed by atoms with Crippen molar-refractivity contribution in [2.45, 2.75) is 26.8 Å². The van der Waals surface area contributed by atoms with Gasteiger partial charge < -0.3 is 5.32 Å². The molecule has 0 aliphatic heterocycles. The molecule has 1 aromatic heterocycles. The number of nitrogens with one attached hydrogen (secondary N) is 1. The summed E-state index contributed by atoms with van der Waals surface area (Å²) in [6, 6.07) is 7.05. The molecule has 2 rings (SSSR count). The fourth-order valence-corrected chi connectivity index (χ4v) is 2.58. The molecule has 20 heavy (non-hydrogen) atoms. The lowest BCUT2D eigenvalue weighted by molar-refractivity contribution is 0.551. The number of halogens is 2. The molecule has 0 amide bonds. The lowest BCUT2D eigenvalue weighted by Gasteiger charge is -2.21. The summed E-state index contributed by atoms with van der Waals surface area (Å²) in [5, 5.41) is 11.5. The van der Waals surface area contributed by atoms with Crippen LogP contribution in [0.3, 0.4) is 0 Å². The van der Waals surface area contributed by atoms with E-state index < -0.39 is 0 Å². The lowest BCUT2D eigenvalue weighted by atomic mass is 9.97. The average molecular weight is 338 g/mol. The van der Waals surface area contributed by atoms with Crippen molar-refractivity contribution in [3.05, 3.63) is 57.1 Å². The highest BCUT2D eigenvalue weighted by Gasteiger charge is 2.21. The van der Waals surface area contributed by atoms with E-state index in [0.29, 0.717) is 10.0 Å². The Morgan fingerprint density at radius 2 is 2.00 bits per heavy atom. The van der Waals surface area contributed by atoms with Crippen LogP contribution in [0.1, 0.15) is 35.5 Å². The fraction of sp³-hybridized carbons (Fsp3) is 0.333. The van der Waals surface area contributed by atoms with Crippen LogP contribution in [0.15, 0.2) is 28.7 Å². The number of nitrogens with zero attached hydrogens (tertiary/aromatic N) is 2. The van der Waals surface area contributed by atoms with Crippen LogP contribution < -0.4 is 5.32 Å². The van der Waals surface area contributed by atoms with Crippen LogP contribution in [0.5, 0.6) is 0 Å². The number of aromatic nitrogens is 2. The summed E-state index contributed by atoms with van der Waals surface area (Å²) in [7, 11) is 0. The molecule has 106 valence electrons. The van der Waals surface area contributed by atoms with Crippen LogP contribution >= 0.6 is 15.9 Å². The largest absolute Gasteiger partial charge is 0.306 e. The number of hydrogen-bond acceptors (Lipinski definition) is 3. The van der Waals surface area contributed by atoms with E-state index in [9.17, 15) is 4.39 Å². The van der Waals surface area contributed by atoms with Gasteiger partial charge in [0.25, 0.3) is 0 Å². The molecule has 1 atom stereocenters. The maximum absolute atomic E-state index is 14.4. The van der Waals surface area contributed by atoms with Gasteiger partial charge in [0.2, 0.25) is 0 Å². The van der Waals surface area contributed by atoms with Crippen molar-refractivity contribution in [1.82, 2.24) is 15.5 Å². The Hall–Kier alpha value is -1.33. The van der Waals surface area contributed by atoms with Gasteiger partial charge in [0, 0.05) is 5.56 Å². The van der Waals surface area contributed by atoms with Crippen LogP contribution in [0.4, 0.5) is 4.39 Å². The third-order valence-corrected chi connectivity index (χ3v) is 3.76. The molecular formula is C15H17BrFN3. The first kappa shape index (κ1) is 15.1. The highest BCUT2D eigenvalue weighted by Crippen LogP contribution is 2.29. The first-order valence-corrected chi connectivity index (χ1v) is 7.32. The lowest BCUT2D eigenvalue weighted by Crippen LogP contribution is -2.24. The second-order valence-electron chi connectivity index (χ2n) is 4.66. The molecule has 0 saturated heterocycles. The Labute approximate surface area is 126 Å². The fourth-order valence-electron chi connectivity index (χ4n) is 2.20. The molecule has 1 aromatic carbocycles. The van der Waals surface area contributed by atoms with Crippen molar-refractivity contribution >= 4 is 15.9 Å². The summed E-state index contributed by atoms with van der Waals surface area (Å²) in [5.74, 6) is -0.243. The minimum atomic E-state index is -0.243. The van der Waals surface area contributed by atoms with E-state index in [4.69, 9.17) is 0 Å². The number of aryl methyl sites for hydroxylation is 2. The predicted molar refractivity (Wildman–Crippen MR) is 81.1 cm³/mol. The van der Waals surface area contributed by atoms with Gasteiger partial charge in [0.1, 0.15) is 5.82 Å². The smallest absolute Gasteiger partial charge is 0.142 e. The van der Waals surface area contributed by atoms with Gasteiger partial charge in [-0.05, 0) is 54.0 Å². The van der Waals surface area contributed by atoms with Crippen LogP contribution in [-0.2, 0) is 0 Å². The summed E-state index contributed by atoms with van der Waals surface area (Å²) >= 11 is 3.24. The molecular weight excluding hydrogens is 321 g/mol. The highest BCUT2D eigenvalue weighted by molar-refractivity contribution is 9.10. The maximum Gasteiger partial charge on any atom is 0.142 e. The van der Waals surface area contributed by atoms with Gasteiger partial charge in [-0.25, -0.2) is 4.39 Å². The Kier molecular flexibility index (Phi) is 4.83. The molecule has 0 aliphatic rings. The van der Waals surface area contributed by atoms with Crippen molar-refractivity contribution in [1.29, 1.82) is 0 Å². The highest BCUT2D eigenvalue weighted by atomic mass is 79.9. The molecule has 1 heterocycles. The second kappa shape index (κ2) is 6.41. The SMILES string of the molecule is CCNC(c1cc(C)nnc1C)c1cccc(Br)c1F. The van der Waals surface area contributed by atoms with Crippen molar-refractivity contribution < 1.29 is 4.39 Å². The second-order valence-corrected chi connectivity index (χ2v) is 5.51. The van der Waals surface area contributed by atoms with E-state index >= 15 is 0 Å². The van der Waals surface area contributed by atoms with E-state index in [1.165, 1.54) is 0 Å². The molecule has 0 radical (unpaired) electrons. The van der Waals surface area contributed by atoms with Crippen molar-refractivity contribution in [2.75, 3.05) is 6.54 Å². The molecule has 1 unspecified atom stereocenters. The van der Waals surface area contributed by atoms with E-state index in [1.807, 2.05) is 32.9 Å². The third kappa shape index (κ3) is 3.04. The molecule has 2 aromatic rings. The zero-order chi connectivity index (χ0) is 14.7. The zero-order valence-corrected chi connectivity index (χ0v) is 13.3. The first-order valence-electron chi connectivity index (χ1n) is 6.52. The summed E-state index contributed by atoms with van der Waals surface area (Å²) in [6.07, 6.45) is 0. The average Bonchev–Trinajstić information content (AvgIpc) is 2.43. The molecule has 1 N–H and O–H groups in total. The van der Waals surface area contributed by atoms with Crippen LogP contribution in [0.25, 0.3) is 0 Å². The van der Waals surface area contributed by atoms with Gasteiger partial charge in [0.05, 0.1) is 21.9 Å². The normalized spacial score (nSPS) is 12.4. The molecule has 0 spiro atoms. The van der Waals surface area contributed by atoms with Gasteiger partial charge in [-0.1, -0.05) is 19.1 Å². The molecule has 0 bridgehead atoms. The third-order valence-electron chi connectivity index (χ3n) is 3.15. The topological polar surface area (TPSA) is 37.8 Å². The predicted octanol–water partition coefficient (Wildman–Crippen LogP) is 3.69. The number of benzene rings is 1. The van der Waals surface area contributed by atoms with Gasteiger partial charge in [0.15, 0.2) is 0 Å². The molecule has 5 heteroatoms. The first-order chi connectivity index (χ1) is 9.54. The van der Waals surface area contributed by atoms with E-state index in [2.05, 4.69) is 31.4 Å². The minimum Gasteiger partial charge on any atom is -0.306 e. The Morgan fingerprint density at radius 1 is 1.25 bits per heavy atom. The Bertz CT molecular complexity index is 614. The van der Waals surface area contributed by atoms with Gasteiger partial charge in [-0.2, -0.15) is 10.2 Å². The Balaban J connectivity index is 2.56. The summed E-state index contributed by atoms with van der Waals surface area (Å²) in [5.41, 5.74) is 3.19. The van der Waals surface area contributed by atoms with Crippen molar-refractivity contribution in [2.24, 2.45) is 0 Å². The van der Waals surface area contributed by atoms with Gasteiger partial charge >= 0.3 is 0 Å². The molecule has 0 saturated carbocycles. The number of hydrogen-bond donors (Lipinski definition) is 1. The standard InChI is InChI=1S/C15H17BrFN3/c1-4-18-15(11-6-5-7-13(16)14(11)17)12-8-9(2)19-20-10(12)3/h5-8,15,18H,4H2,1-3H3. The van der Waals surface area contributed by atoms with Crippen LogP contribution in [0.2, 0.25) is 0 Å². The van der Waals surface area contributed by atoms with Crippen LogP contribution in [0, 0.1) is 19.7 Å². The maximum atomic E-state index is 14.4. The summed E-state index contributed by atoms with van der Waals surface area (Å²) < 4.78 is 14.8. The molecule has 0 fully saturated rings. The molecule has 0 aliphatic carbocycles. The van der Waals surface area contributed by atoms with Gasteiger partial charge in [-0.3, -0.25) is 0 Å². The Morgan fingerprint density at radius 3 is 2.70 bits per heavy atom. The summed E-state index contributed by atoms with van der Waals surface area (Å²) in [4.78, 5) is 0. The quantitative estimate of drug-likeness (QED) is 0.924. The monoisotopic (exact) mass is 337 g/mol. The van der Waals surface area contributed by atoms with Crippen LogP contribution in [-0.4, -0.2) is 16.7 Å². The van der Waals surface area contributed by atoms with Crippen molar-refractivity contribution in [3.8, 4) is 0 Å². The number of rotatable bonds is 4. The van der Waals surface area contributed by atoms with Gasteiger partial charge in [-0.15, -0.1) is 0 Å². The van der Waals surface area contributed by atoms with Crippen molar-refractivity contribution in [3.63, 3.8) is 0 Å². The molecule has 3 nitrogen and oxygen atoms in total. The zero-order valence-electron chi connectivity index (χ0n) is 11.7. The van der Waals surface area contributed by atoms with E-state index in [0.717, 1.165) is 23.5 Å².